The van der Waals surface area contributed by atoms with E-state index in [0.29, 0.717) is 12.0 Å². The highest BCUT2D eigenvalue weighted by molar-refractivity contribution is 5.88. The number of phenols is 2. The van der Waals surface area contributed by atoms with Gasteiger partial charge in [0.25, 0.3) is 0 Å². The molecule has 0 bridgehead atoms. The van der Waals surface area contributed by atoms with Crippen molar-refractivity contribution in [3.05, 3.63) is 58.5 Å². The third-order valence-corrected chi connectivity index (χ3v) is 3.77. The Morgan fingerprint density at radius 2 is 2.04 bits per heavy atom. The second kappa shape index (κ2) is 6.53. The third kappa shape index (κ3) is 3.68. The standard InChI is InChI=1S/C19H22O5/c1-11(2)12(6-5-8-19(3,4)23)16-14(21)10-15(22)17-13(20)7-9-24-18(16)17/h5,7-10,12,21-23H,1,6H2,2-4H3. The molecule has 5 heteroatoms. The number of allylic oxidation sites excluding steroid dienone is 2. The summed E-state index contributed by atoms with van der Waals surface area (Å²) in [6.07, 6.45) is 5.12. The molecule has 0 aliphatic heterocycles. The Morgan fingerprint density at radius 1 is 1.38 bits per heavy atom. The van der Waals surface area contributed by atoms with E-state index < -0.39 is 5.60 Å². The van der Waals surface area contributed by atoms with Crippen LogP contribution in [0.4, 0.5) is 0 Å². The lowest BCUT2D eigenvalue weighted by molar-refractivity contribution is 0.133. The molecule has 3 N–H and O–H groups in total. The van der Waals surface area contributed by atoms with Gasteiger partial charge in [-0.05, 0) is 27.2 Å². The van der Waals surface area contributed by atoms with Crippen molar-refractivity contribution < 1.29 is 19.7 Å². The zero-order valence-electron chi connectivity index (χ0n) is 14.0. The zero-order valence-corrected chi connectivity index (χ0v) is 14.0. The third-order valence-electron chi connectivity index (χ3n) is 3.77. The molecule has 0 aliphatic rings. The topological polar surface area (TPSA) is 90.9 Å². The molecule has 1 unspecified atom stereocenters. The van der Waals surface area contributed by atoms with Gasteiger partial charge in [-0.25, -0.2) is 0 Å². The lowest BCUT2D eigenvalue weighted by Crippen LogP contribution is -2.14. The number of hydrogen-bond acceptors (Lipinski definition) is 5. The number of phenolic OH excluding ortho intramolecular Hbond substituents is 2. The molecule has 128 valence electrons. The normalized spacial score (nSPS) is 13.5. The fourth-order valence-corrected chi connectivity index (χ4v) is 2.65. The number of benzene rings is 1. The van der Waals surface area contributed by atoms with Gasteiger partial charge in [-0.15, -0.1) is 0 Å². The number of aromatic hydroxyl groups is 2. The van der Waals surface area contributed by atoms with Gasteiger partial charge < -0.3 is 19.7 Å². The minimum atomic E-state index is -0.953. The van der Waals surface area contributed by atoms with Crippen molar-refractivity contribution >= 4 is 11.0 Å². The van der Waals surface area contributed by atoms with Gasteiger partial charge in [0.2, 0.25) is 0 Å². The number of hydrogen-bond donors (Lipinski definition) is 3. The molecule has 5 nitrogen and oxygen atoms in total. The molecule has 24 heavy (non-hydrogen) atoms. The predicted molar refractivity (Wildman–Crippen MR) is 93.4 cm³/mol. The van der Waals surface area contributed by atoms with Crippen LogP contribution >= 0.6 is 0 Å². The van der Waals surface area contributed by atoms with Crippen molar-refractivity contribution in [2.75, 3.05) is 0 Å². The van der Waals surface area contributed by atoms with E-state index >= 15 is 0 Å². The van der Waals surface area contributed by atoms with Gasteiger partial charge in [-0.2, -0.15) is 0 Å². The first-order chi connectivity index (χ1) is 11.1. The van der Waals surface area contributed by atoms with Crippen LogP contribution in [0.3, 0.4) is 0 Å². The van der Waals surface area contributed by atoms with Gasteiger partial charge in [-0.1, -0.05) is 24.3 Å². The molecule has 0 radical (unpaired) electrons. The lowest BCUT2D eigenvalue weighted by Gasteiger charge is -2.19. The van der Waals surface area contributed by atoms with Crippen LogP contribution in [0.5, 0.6) is 11.5 Å². The fourth-order valence-electron chi connectivity index (χ4n) is 2.65. The van der Waals surface area contributed by atoms with Gasteiger partial charge in [0.15, 0.2) is 5.43 Å². The summed E-state index contributed by atoms with van der Waals surface area (Å²) in [5, 5.41) is 30.1. The molecule has 1 aromatic heterocycles. The van der Waals surface area contributed by atoms with E-state index in [1.807, 2.05) is 6.92 Å². The van der Waals surface area contributed by atoms with Gasteiger partial charge in [-0.3, -0.25) is 4.79 Å². The van der Waals surface area contributed by atoms with E-state index in [-0.39, 0.29) is 33.8 Å². The average molecular weight is 330 g/mol. The first kappa shape index (κ1) is 17.8. The predicted octanol–water partition coefficient (Wildman–Crippen LogP) is 3.58. The summed E-state index contributed by atoms with van der Waals surface area (Å²) in [5.41, 5.74) is -0.0460. The highest BCUT2D eigenvalue weighted by Gasteiger charge is 2.23. The molecule has 0 spiro atoms. The van der Waals surface area contributed by atoms with E-state index in [0.717, 1.165) is 11.6 Å². The molecule has 1 atom stereocenters. The summed E-state index contributed by atoms with van der Waals surface area (Å²) in [6, 6.07) is 2.36. The van der Waals surface area contributed by atoms with E-state index in [2.05, 4.69) is 6.58 Å². The molecule has 0 saturated heterocycles. The summed E-state index contributed by atoms with van der Waals surface area (Å²) in [7, 11) is 0. The minimum absolute atomic E-state index is 0.0306. The number of aliphatic hydroxyl groups is 1. The Morgan fingerprint density at radius 3 is 2.62 bits per heavy atom. The second-order valence-corrected chi connectivity index (χ2v) is 6.51. The van der Waals surface area contributed by atoms with Crippen LogP contribution in [0.2, 0.25) is 0 Å². The van der Waals surface area contributed by atoms with Crippen molar-refractivity contribution in [2.24, 2.45) is 0 Å². The zero-order chi connectivity index (χ0) is 18.1. The lowest BCUT2D eigenvalue weighted by atomic mass is 9.87. The van der Waals surface area contributed by atoms with Crippen molar-refractivity contribution in [3.8, 4) is 11.5 Å². The molecular weight excluding hydrogens is 308 g/mol. The monoisotopic (exact) mass is 330 g/mol. The largest absolute Gasteiger partial charge is 0.507 e. The molecule has 1 heterocycles. The van der Waals surface area contributed by atoms with E-state index in [4.69, 9.17) is 4.42 Å². The summed E-state index contributed by atoms with van der Waals surface area (Å²) >= 11 is 0. The average Bonchev–Trinajstić information content (AvgIpc) is 2.43. The molecule has 0 saturated carbocycles. The first-order valence-corrected chi connectivity index (χ1v) is 7.63. The van der Waals surface area contributed by atoms with Gasteiger partial charge >= 0.3 is 0 Å². The van der Waals surface area contributed by atoms with E-state index in [9.17, 15) is 20.1 Å². The Kier molecular flexibility index (Phi) is 4.85. The van der Waals surface area contributed by atoms with Crippen molar-refractivity contribution in [2.45, 2.75) is 38.7 Å². The maximum atomic E-state index is 12.0. The van der Waals surface area contributed by atoms with Crippen molar-refractivity contribution in [3.63, 3.8) is 0 Å². The van der Waals surface area contributed by atoms with Gasteiger partial charge in [0.1, 0.15) is 22.5 Å². The Hall–Kier alpha value is -2.53. The molecular formula is C19H22O5. The van der Waals surface area contributed by atoms with E-state index in [1.54, 1.807) is 26.0 Å². The Bertz CT molecular complexity index is 852. The van der Waals surface area contributed by atoms with Crippen molar-refractivity contribution in [1.29, 1.82) is 0 Å². The van der Waals surface area contributed by atoms with E-state index in [1.165, 1.54) is 12.3 Å². The van der Waals surface area contributed by atoms with Gasteiger partial charge in [0.05, 0.1) is 11.9 Å². The summed E-state index contributed by atoms with van der Waals surface area (Å²) in [5.74, 6) is -0.829. The maximum Gasteiger partial charge on any atom is 0.196 e. The van der Waals surface area contributed by atoms with Crippen LogP contribution in [-0.2, 0) is 0 Å². The number of fused-ring (bicyclic) bond motifs is 1. The molecule has 0 aliphatic carbocycles. The highest BCUT2D eigenvalue weighted by atomic mass is 16.3. The summed E-state index contributed by atoms with van der Waals surface area (Å²) < 4.78 is 5.43. The van der Waals surface area contributed by atoms with Crippen LogP contribution in [0, 0.1) is 0 Å². The minimum Gasteiger partial charge on any atom is -0.507 e. The fraction of sp³-hybridized carbons (Fsp3) is 0.316. The molecule has 0 amide bonds. The smallest absolute Gasteiger partial charge is 0.196 e. The van der Waals surface area contributed by atoms with Crippen LogP contribution in [-0.4, -0.2) is 20.9 Å². The molecule has 2 rings (SSSR count). The maximum absolute atomic E-state index is 12.0. The van der Waals surface area contributed by atoms with Gasteiger partial charge in [0, 0.05) is 23.6 Å². The van der Waals surface area contributed by atoms with Crippen LogP contribution < -0.4 is 5.43 Å². The first-order valence-electron chi connectivity index (χ1n) is 7.63. The summed E-state index contributed by atoms with van der Waals surface area (Å²) in [6.45, 7) is 9.07. The Balaban J connectivity index is 2.63. The highest BCUT2D eigenvalue weighted by Crippen LogP contribution is 2.41. The van der Waals surface area contributed by atoms with Crippen molar-refractivity contribution in [1.82, 2.24) is 0 Å². The van der Waals surface area contributed by atoms with Crippen LogP contribution in [0.15, 0.2) is 51.9 Å². The van der Waals surface area contributed by atoms with Crippen LogP contribution in [0.25, 0.3) is 11.0 Å². The SMILES string of the molecule is C=C(C)C(CC=CC(C)(C)O)c1c(O)cc(O)c2c(=O)ccoc12. The summed E-state index contributed by atoms with van der Waals surface area (Å²) in [4.78, 5) is 12.0. The molecule has 0 fully saturated rings. The number of rotatable bonds is 5. The molecule has 1 aromatic carbocycles. The quantitative estimate of drug-likeness (QED) is 0.729. The second-order valence-electron chi connectivity index (χ2n) is 6.51. The molecule has 2 aromatic rings. The Labute approximate surface area is 140 Å². The van der Waals surface area contributed by atoms with Crippen LogP contribution in [0.1, 0.15) is 38.7 Å².